The number of carbonyl (C=O) groups is 1. The first-order chi connectivity index (χ1) is 15.9. The number of ether oxygens (including phenoxy) is 2. The third kappa shape index (κ3) is 4.50. The van der Waals surface area contributed by atoms with Crippen molar-refractivity contribution in [2.45, 2.75) is 23.6 Å². The molecule has 0 radical (unpaired) electrons. The van der Waals surface area contributed by atoms with Gasteiger partial charge in [-0.15, -0.1) is 17.9 Å². The standard InChI is InChI=1S/C22H25N3O5S3/c1-4-11-25-19-16(29-2)7-8-17(30-3)20(19)32-22(25)23-21(26)15-9-12-24(13-10-15)33(27,28)18-6-5-14-31-18/h4-8,14-15H,1,9-13H2,2-3H3. The van der Waals surface area contributed by atoms with Crippen LogP contribution in [0.25, 0.3) is 10.2 Å². The quantitative estimate of drug-likeness (QED) is 0.457. The maximum atomic E-state index is 13.1. The molecule has 3 heterocycles. The number of piperidine rings is 1. The van der Waals surface area contributed by atoms with Crippen LogP contribution in [-0.2, 0) is 21.4 Å². The Labute approximate surface area is 200 Å². The van der Waals surface area contributed by atoms with Crippen molar-refractivity contribution in [3.8, 4) is 11.5 Å². The van der Waals surface area contributed by atoms with Gasteiger partial charge in [0.15, 0.2) is 4.80 Å². The molecule has 1 aliphatic rings. The Morgan fingerprint density at radius 1 is 1.21 bits per heavy atom. The second kappa shape index (κ2) is 9.80. The lowest BCUT2D eigenvalue weighted by Gasteiger charge is -2.29. The number of rotatable bonds is 7. The minimum atomic E-state index is -3.50. The second-order valence-corrected chi connectivity index (χ2v) is 11.6. The molecule has 4 rings (SSSR count). The largest absolute Gasteiger partial charge is 0.495 e. The van der Waals surface area contributed by atoms with Crippen molar-refractivity contribution in [1.29, 1.82) is 0 Å². The molecule has 2 aromatic heterocycles. The van der Waals surface area contributed by atoms with Crippen molar-refractivity contribution >= 4 is 48.8 Å². The van der Waals surface area contributed by atoms with Gasteiger partial charge in [-0.25, -0.2) is 8.42 Å². The molecule has 0 atom stereocenters. The molecule has 8 nitrogen and oxygen atoms in total. The number of benzene rings is 1. The minimum absolute atomic E-state index is 0.245. The normalized spacial score (nSPS) is 16.2. The van der Waals surface area contributed by atoms with E-state index in [2.05, 4.69) is 11.6 Å². The number of amides is 1. The molecule has 1 amide bonds. The van der Waals surface area contributed by atoms with Gasteiger partial charge in [0.2, 0.25) is 0 Å². The van der Waals surface area contributed by atoms with E-state index < -0.39 is 10.0 Å². The number of hydrogen-bond donors (Lipinski definition) is 0. The first kappa shape index (κ1) is 23.7. The van der Waals surface area contributed by atoms with E-state index in [9.17, 15) is 13.2 Å². The first-order valence-electron chi connectivity index (χ1n) is 10.4. The van der Waals surface area contributed by atoms with E-state index in [-0.39, 0.29) is 11.8 Å². The average Bonchev–Trinajstić information content (AvgIpc) is 3.49. The van der Waals surface area contributed by atoms with Crippen LogP contribution in [0.5, 0.6) is 11.5 Å². The molecule has 1 saturated heterocycles. The number of hydrogen-bond acceptors (Lipinski definition) is 7. The van der Waals surface area contributed by atoms with Gasteiger partial charge in [-0.05, 0) is 36.4 Å². The van der Waals surface area contributed by atoms with Crippen LogP contribution in [0, 0.1) is 5.92 Å². The Morgan fingerprint density at radius 3 is 2.52 bits per heavy atom. The number of carbonyl (C=O) groups excluding carboxylic acids is 1. The summed E-state index contributed by atoms with van der Waals surface area (Å²) in [6, 6.07) is 6.98. The van der Waals surface area contributed by atoms with Crippen LogP contribution in [-0.4, -0.2) is 50.5 Å². The van der Waals surface area contributed by atoms with Crippen LogP contribution in [0.3, 0.4) is 0 Å². The van der Waals surface area contributed by atoms with E-state index in [1.165, 1.54) is 27.0 Å². The maximum absolute atomic E-state index is 13.1. The highest BCUT2D eigenvalue weighted by Gasteiger charge is 2.32. The van der Waals surface area contributed by atoms with Gasteiger partial charge in [0.25, 0.3) is 15.9 Å². The molecule has 0 bridgehead atoms. The van der Waals surface area contributed by atoms with Crippen molar-refractivity contribution in [2.75, 3.05) is 27.3 Å². The molecular weight excluding hydrogens is 482 g/mol. The lowest BCUT2D eigenvalue weighted by Crippen LogP contribution is -2.40. The highest BCUT2D eigenvalue weighted by molar-refractivity contribution is 7.91. The van der Waals surface area contributed by atoms with Crippen LogP contribution in [0.2, 0.25) is 0 Å². The molecule has 0 aliphatic carbocycles. The van der Waals surface area contributed by atoms with Crippen molar-refractivity contribution < 1.29 is 22.7 Å². The lowest BCUT2D eigenvalue weighted by molar-refractivity contribution is -0.122. The van der Waals surface area contributed by atoms with E-state index in [4.69, 9.17) is 9.47 Å². The fraction of sp³-hybridized carbons (Fsp3) is 0.364. The van der Waals surface area contributed by atoms with Gasteiger partial charge in [0.1, 0.15) is 25.9 Å². The molecule has 1 aromatic carbocycles. The van der Waals surface area contributed by atoms with Gasteiger partial charge in [-0.3, -0.25) is 4.79 Å². The number of thiophene rings is 1. The van der Waals surface area contributed by atoms with Crippen LogP contribution >= 0.6 is 22.7 Å². The molecule has 1 fully saturated rings. The summed E-state index contributed by atoms with van der Waals surface area (Å²) in [6.07, 6.45) is 2.61. The maximum Gasteiger partial charge on any atom is 0.252 e. The minimum Gasteiger partial charge on any atom is -0.495 e. The van der Waals surface area contributed by atoms with Crippen molar-refractivity contribution in [2.24, 2.45) is 10.9 Å². The van der Waals surface area contributed by atoms with Crippen molar-refractivity contribution in [3.05, 3.63) is 47.1 Å². The third-order valence-corrected chi connectivity index (χ3v) is 9.97. The van der Waals surface area contributed by atoms with Gasteiger partial charge in [0, 0.05) is 25.6 Å². The molecule has 0 unspecified atom stereocenters. The predicted molar refractivity (Wildman–Crippen MR) is 129 cm³/mol. The highest BCUT2D eigenvalue weighted by Crippen LogP contribution is 2.35. The predicted octanol–water partition coefficient (Wildman–Crippen LogP) is 3.50. The summed E-state index contributed by atoms with van der Waals surface area (Å²) >= 11 is 2.56. The average molecular weight is 508 g/mol. The number of thiazole rings is 1. The Morgan fingerprint density at radius 2 is 1.91 bits per heavy atom. The Hall–Kier alpha value is -2.47. The monoisotopic (exact) mass is 507 g/mol. The molecular formula is C22H25N3O5S3. The molecule has 176 valence electrons. The third-order valence-electron chi connectivity index (χ3n) is 5.60. The van der Waals surface area contributed by atoms with Gasteiger partial charge in [0.05, 0.1) is 14.2 Å². The summed E-state index contributed by atoms with van der Waals surface area (Å²) in [5.41, 5.74) is 0.796. The van der Waals surface area contributed by atoms with Crippen molar-refractivity contribution in [3.63, 3.8) is 0 Å². The highest BCUT2D eigenvalue weighted by atomic mass is 32.2. The topological polar surface area (TPSA) is 90.2 Å². The molecule has 3 aromatic rings. The summed E-state index contributed by atoms with van der Waals surface area (Å²) in [6.45, 7) is 4.88. The number of methoxy groups -OCH3 is 2. The van der Waals surface area contributed by atoms with E-state index >= 15 is 0 Å². The zero-order valence-corrected chi connectivity index (χ0v) is 20.8. The fourth-order valence-corrected chi connectivity index (χ4v) is 7.67. The molecule has 1 aliphatic heterocycles. The molecule has 0 spiro atoms. The van der Waals surface area contributed by atoms with Crippen molar-refractivity contribution in [1.82, 2.24) is 8.87 Å². The second-order valence-electron chi connectivity index (χ2n) is 7.49. The Balaban J connectivity index is 1.62. The van der Waals surface area contributed by atoms with Crippen LogP contribution in [0.1, 0.15) is 12.8 Å². The SMILES string of the molecule is C=CCn1c(=NC(=O)C2CCN(S(=O)(=O)c3cccs3)CC2)sc2c(OC)ccc(OC)c21. The van der Waals surface area contributed by atoms with Crippen LogP contribution in [0.4, 0.5) is 0 Å². The molecule has 0 N–H and O–H groups in total. The fourth-order valence-electron chi connectivity index (χ4n) is 3.90. The first-order valence-corrected chi connectivity index (χ1v) is 13.5. The van der Waals surface area contributed by atoms with E-state index in [0.717, 1.165) is 10.2 Å². The molecule has 33 heavy (non-hydrogen) atoms. The number of nitrogens with zero attached hydrogens (tertiary/aromatic N) is 3. The van der Waals surface area contributed by atoms with Crippen LogP contribution in [0.15, 0.2) is 51.5 Å². The van der Waals surface area contributed by atoms with E-state index in [1.54, 1.807) is 37.8 Å². The van der Waals surface area contributed by atoms with Crippen LogP contribution < -0.4 is 14.3 Å². The summed E-state index contributed by atoms with van der Waals surface area (Å²) < 4.78 is 41.0. The smallest absolute Gasteiger partial charge is 0.252 e. The lowest BCUT2D eigenvalue weighted by atomic mass is 9.98. The molecule has 11 heteroatoms. The van der Waals surface area contributed by atoms with E-state index in [1.807, 2.05) is 16.7 Å². The zero-order chi connectivity index (χ0) is 23.6. The van der Waals surface area contributed by atoms with Gasteiger partial charge in [-0.1, -0.05) is 23.5 Å². The Bertz CT molecular complexity index is 1330. The molecule has 0 saturated carbocycles. The summed E-state index contributed by atoms with van der Waals surface area (Å²) in [5.74, 6) is 0.760. The number of aromatic nitrogens is 1. The number of sulfonamides is 1. The van der Waals surface area contributed by atoms with Gasteiger partial charge >= 0.3 is 0 Å². The number of allylic oxidation sites excluding steroid dienone is 1. The summed E-state index contributed by atoms with van der Waals surface area (Å²) in [4.78, 5) is 18.0. The summed E-state index contributed by atoms with van der Waals surface area (Å²) in [7, 11) is -0.314. The van der Waals surface area contributed by atoms with Gasteiger partial charge < -0.3 is 14.0 Å². The van der Waals surface area contributed by atoms with E-state index in [0.29, 0.717) is 53.0 Å². The Kier molecular flexibility index (Phi) is 7.03. The zero-order valence-electron chi connectivity index (χ0n) is 18.4. The van der Waals surface area contributed by atoms with Gasteiger partial charge in [-0.2, -0.15) is 9.30 Å². The number of fused-ring (bicyclic) bond motifs is 1. The summed E-state index contributed by atoms with van der Waals surface area (Å²) in [5, 5.41) is 1.75.